The van der Waals surface area contributed by atoms with Crippen molar-refractivity contribution in [3.63, 3.8) is 0 Å². The number of hydrogen-bond donors (Lipinski definition) is 0. The van der Waals surface area contributed by atoms with E-state index in [2.05, 4.69) is 11.8 Å². The van der Waals surface area contributed by atoms with Gasteiger partial charge in [0.15, 0.2) is 0 Å². The Morgan fingerprint density at radius 2 is 1.77 bits per heavy atom. The van der Waals surface area contributed by atoms with Gasteiger partial charge in [-0.05, 0) is 24.1 Å². The molecule has 2 rings (SSSR count). The minimum absolute atomic E-state index is 0.0773. The van der Waals surface area contributed by atoms with Crippen LogP contribution in [0, 0.1) is 5.82 Å². The van der Waals surface area contributed by atoms with Gasteiger partial charge < -0.3 is 9.80 Å². The van der Waals surface area contributed by atoms with Crippen LogP contribution in [0.5, 0.6) is 0 Å². The van der Waals surface area contributed by atoms with E-state index in [-0.39, 0.29) is 11.8 Å². The van der Waals surface area contributed by atoms with Gasteiger partial charge in [0, 0.05) is 46.3 Å². The van der Waals surface area contributed by atoms with Gasteiger partial charge >= 0.3 is 6.03 Å². The molecule has 1 aliphatic rings. The first-order chi connectivity index (χ1) is 10.5. The highest BCUT2D eigenvalue weighted by atomic mass is 19.1. The number of nitrogens with zero attached hydrogens (tertiary/aromatic N) is 3. The molecule has 0 N–H and O–H groups in total. The van der Waals surface area contributed by atoms with Crippen LogP contribution in [0.3, 0.4) is 0 Å². The number of carbonyl (C=O) groups is 1. The third-order valence-electron chi connectivity index (χ3n) is 4.23. The summed E-state index contributed by atoms with van der Waals surface area (Å²) in [5.74, 6) is -0.194. The summed E-state index contributed by atoms with van der Waals surface area (Å²) in [6.45, 7) is 5.39. The molecule has 0 aliphatic carbocycles. The number of carbonyl (C=O) groups excluding carboxylic acids is 1. The average Bonchev–Trinajstić information content (AvgIpc) is 2.53. The highest BCUT2D eigenvalue weighted by Gasteiger charge is 2.27. The Kier molecular flexibility index (Phi) is 5.77. The van der Waals surface area contributed by atoms with Crippen molar-refractivity contribution >= 4 is 6.03 Å². The molecule has 0 aromatic heterocycles. The minimum Gasteiger partial charge on any atom is -0.331 e. The Morgan fingerprint density at radius 3 is 2.27 bits per heavy atom. The fraction of sp³-hybridized carbons (Fsp3) is 0.588. The first-order valence-electron chi connectivity index (χ1n) is 7.98. The fourth-order valence-electron chi connectivity index (χ4n) is 3.03. The number of halogens is 1. The number of amides is 2. The van der Waals surface area contributed by atoms with Gasteiger partial charge in [-0.25, -0.2) is 9.18 Å². The molecule has 1 heterocycles. The smallest absolute Gasteiger partial charge is 0.319 e. The van der Waals surface area contributed by atoms with Crippen molar-refractivity contribution in [3.8, 4) is 0 Å². The van der Waals surface area contributed by atoms with Gasteiger partial charge in [0.2, 0.25) is 0 Å². The topological polar surface area (TPSA) is 26.8 Å². The Bertz CT molecular complexity index is 481. The minimum atomic E-state index is -0.194. The van der Waals surface area contributed by atoms with Crippen LogP contribution in [-0.4, -0.2) is 61.0 Å². The monoisotopic (exact) mass is 307 g/mol. The second-order valence-corrected chi connectivity index (χ2v) is 6.06. The lowest BCUT2D eigenvalue weighted by atomic mass is 9.99. The first kappa shape index (κ1) is 16.7. The molecule has 1 unspecified atom stereocenters. The molecule has 1 aromatic carbocycles. The molecule has 1 fully saturated rings. The van der Waals surface area contributed by atoms with Crippen molar-refractivity contribution in [1.82, 2.24) is 14.7 Å². The maximum Gasteiger partial charge on any atom is 0.319 e. The molecule has 0 spiro atoms. The molecule has 5 heteroatoms. The Labute approximate surface area is 132 Å². The predicted molar refractivity (Wildman–Crippen MR) is 86.3 cm³/mol. The summed E-state index contributed by atoms with van der Waals surface area (Å²) in [7, 11) is 3.57. The molecule has 122 valence electrons. The lowest BCUT2D eigenvalue weighted by Crippen LogP contribution is -2.52. The van der Waals surface area contributed by atoms with E-state index in [1.165, 1.54) is 12.1 Å². The summed E-state index contributed by atoms with van der Waals surface area (Å²) in [5.41, 5.74) is 1.16. The first-order valence-corrected chi connectivity index (χ1v) is 7.98. The third-order valence-corrected chi connectivity index (χ3v) is 4.23. The van der Waals surface area contributed by atoms with E-state index in [9.17, 15) is 9.18 Å². The van der Waals surface area contributed by atoms with Crippen molar-refractivity contribution in [2.24, 2.45) is 0 Å². The van der Waals surface area contributed by atoms with Crippen LogP contribution in [0.4, 0.5) is 9.18 Å². The lowest BCUT2D eigenvalue weighted by molar-refractivity contribution is 0.0937. The molecule has 2 amide bonds. The van der Waals surface area contributed by atoms with E-state index in [1.807, 2.05) is 17.0 Å². The van der Waals surface area contributed by atoms with Gasteiger partial charge in [-0.15, -0.1) is 0 Å². The van der Waals surface area contributed by atoms with Crippen molar-refractivity contribution in [1.29, 1.82) is 0 Å². The van der Waals surface area contributed by atoms with Crippen LogP contribution in [-0.2, 0) is 0 Å². The second-order valence-electron chi connectivity index (χ2n) is 6.06. The van der Waals surface area contributed by atoms with E-state index in [4.69, 9.17) is 0 Å². The number of hydrogen-bond acceptors (Lipinski definition) is 2. The zero-order chi connectivity index (χ0) is 16.1. The van der Waals surface area contributed by atoms with E-state index in [1.54, 1.807) is 19.0 Å². The van der Waals surface area contributed by atoms with Crippen molar-refractivity contribution in [2.45, 2.75) is 25.8 Å². The zero-order valence-electron chi connectivity index (χ0n) is 13.8. The maximum atomic E-state index is 13.1. The standard InChI is InChI=1S/C17H26FN3O/c1-4-5-16(14-6-8-15(18)9-7-14)20-10-12-21(13-11-20)17(22)19(2)3/h6-9,16H,4-5,10-13H2,1-3H3. The summed E-state index contributed by atoms with van der Waals surface area (Å²) >= 11 is 0. The van der Waals surface area contributed by atoms with Gasteiger partial charge in [-0.2, -0.15) is 0 Å². The normalized spacial score (nSPS) is 17.4. The molecular weight excluding hydrogens is 281 g/mol. The molecule has 4 nitrogen and oxygen atoms in total. The van der Waals surface area contributed by atoms with Crippen LogP contribution in [0.2, 0.25) is 0 Å². The van der Waals surface area contributed by atoms with E-state index >= 15 is 0 Å². The number of benzene rings is 1. The summed E-state index contributed by atoms with van der Waals surface area (Å²) in [6.07, 6.45) is 2.13. The van der Waals surface area contributed by atoms with Gasteiger partial charge in [0.1, 0.15) is 5.82 Å². The maximum absolute atomic E-state index is 13.1. The summed E-state index contributed by atoms with van der Waals surface area (Å²) in [4.78, 5) is 17.9. The molecule has 1 aliphatic heterocycles. The Morgan fingerprint density at radius 1 is 1.18 bits per heavy atom. The predicted octanol–water partition coefficient (Wildman–Crippen LogP) is 2.97. The van der Waals surface area contributed by atoms with E-state index in [0.717, 1.165) is 44.6 Å². The molecule has 0 radical (unpaired) electrons. The van der Waals surface area contributed by atoms with Crippen LogP contribution in [0.25, 0.3) is 0 Å². The van der Waals surface area contributed by atoms with Crippen LogP contribution in [0.15, 0.2) is 24.3 Å². The highest BCUT2D eigenvalue weighted by molar-refractivity contribution is 5.73. The van der Waals surface area contributed by atoms with Crippen LogP contribution < -0.4 is 0 Å². The van der Waals surface area contributed by atoms with Crippen LogP contribution in [0.1, 0.15) is 31.4 Å². The van der Waals surface area contributed by atoms with Gasteiger partial charge in [-0.1, -0.05) is 25.5 Å². The summed E-state index contributed by atoms with van der Waals surface area (Å²) in [5, 5.41) is 0. The summed E-state index contributed by atoms with van der Waals surface area (Å²) in [6, 6.07) is 7.21. The van der Waals surface area contributed by atoms with Gasteiger partial charge in [0.25, 0.3) is 0 Å². The molecule has 22 heavy (non-hydrogen) atoms. The molecule has 1 saturated heterocycles. The molecule has 0 bridgehead atoms. The van der Waals surface area contributed by atoms with Crippen molar-refractivity contribution in [3.05, 3.63) is 35.6 Å². The molecular formula is C17H26FN3O. The number of piperazine rings is 1. The average molecular weight is 307 g/mol. The molecule has 1 aromatic rings. The third kappa shape index (κ3) is 3.97. The van der Waals surface area contributed by atoms with Crippen molar-refractivity contribution < 1.29 is 9.18 Å². The SMILES string of the molecule is CCCC(c1ccc(F)cc1)N1CCN(C(=O)N(C)C)CC1. The largest absolute Gasteiger partial charge is 0.331 e. The molecule has 1 atom stereocenters. The van der Waals surface area contributed by atoms with Gasteiger partial charge in [-0.3, -0.25) is 4.90 Å². The van der Waals surface area contributed by atoms with Gasteiger partial charge in [0.05, 0.1) is 0 Å². The quantitative estimate of drug-likeness (QED) is 0.855. The van der Waals surface area contributed by atoms with E-state index in [0.29, 0.717) is 6.04 Å². The van der Waals surface area contributed by atoms with E-state index < -0.39 is 0 Å². The number of rotatable bonds is 4. The van der Waals surface area contributed by atoms with Crippen LogP contribution >= 0.6 is 0 Å². The Balaban J connectivity index is 2.02. The Hall–Kier alpha value is -1.62. The zero-order valence-corrected chi connectivity index (χ0v) is 13.8. The lowest BCUT2D eigenvalue weighted by Gasteiger charge is -2.40. The number of urea groups is 1. The second kappa shape index (κ2) is 7.58. The fourth-order valence-corrected chi connectivity index (χ4v) is 3.03. The van der Waals surface area contributed by atoms with Crippen molar-refractivity contribution in [2.75, 3.05) is 40.3 Å². The highest BCUT2D eigenvalue weighted by Crippen LogP contribution is 2.27. The molecule has 0 saturated carbocycles. The summed E-state index contributed by atoms with van der Waals surface area (Å²) < 4.78 is 13.1.